The van der Waals surface area contributed by atoms with Crippen LogP contribution in [0.3, 0.4) is 0 Å². The second-order valence-electron chi connectivity index (χ2n) is 8.23. The highest BCUT2D eigenvalue weighted by Crippen LogP contribution is 2.37. The van der Waals surface area contributed by atoms with Crippen LogP contribution in [0.1, 0.15) is 18.3 Å². The minimum Gasteiger partial charge on any atom is -0.485 e. The fourth-order valence-corrected chi connectivity index (χ4v) is 6.72. The monoisotopic (exact) mass is 500 g/mol. The highest BCUT2D eigenvalue weighted by molar-refractivity contribution is 7.99. The van der Waals surface area contributed by atoms with Gasteiger partial charge in [0.15, 0.2) is 38.4 Å². The van der Waals surface area contributed by atoms with Gasteiger partial charge < -0.3 is 14.4 Å². The Hall–Kier alpha value is -3.05. The molecule has 0 bridgehead atoms. The third kappa shape index (κ3) is 4.62. The number of nitrogens with zero attached hydrogens (tertiary/aromatic N) is 4. The Kier molecular flexibility index (Phi) is 6.22. The Labute approximate surface area is 202 Å². The Morgan fingerprint density at radius 2 is 1.85 bits per heavy atom. The molecule has 1 aromatic heterocycles. The van der Waals surface area contributed by atoms with Crippen molar-refractivity contribution >= 4 is 27.5 Å². The van der Waals surface area contributed by atoms with Crippen LogP contribution >= 0.6 is 11.8 Å². The largest absolute Gasteiger partial charge is 0.485 e. The molecule has 1 fully saturated rings. The van der Waals surface area contributed by atoms with Gasteiger partial charge >= 0.3 is 0 Å². The van der Waals surface area contributed by atoms with E-state index in [0.29, 0.717) is 28.9 Å². The van der Waals surface area contributed by atoms with E-state index < -0.39 is 15.9 Å². The smallest absolute Gasteiger partial charge is 0.233 e. The summed E-state index contributed by atoms with van der Waals surface area (Å²) in [5.74, 6) is 2.00. The first-order valence-electron chi connectivity index (χ1n) is 10.9. The maximum Gasteiger partial charge on any atom is 0.233 e. The highest BCUT2D eigenvalue weighted by atomic mass is 32.2. The van der Waals surface area contributed by atoms with Gasteiger partial charge in [0.2, 0.25) is 5.91 Å². The summed E-state index contributed by atoms with van der Waals surface area (Å²) < 4.78 is 37.5. The summed E-state index contributed by atoms with van der Waals surface area (Å²) in [6, 6.07) is 16.8. The predicted molar refractivity (Wildman–Crippen MR) is 127 cm³/mol. The maximum atomic E-state index is 12.8. The number of aromatic nitrogens is 3. The molecule has 0 radical (unpaired) electrons. The molecule has 2 atom stereocenters. The predicted octanol–water partition coefficient (Wildman–Crippen LogP) is 2.52. The molecule has 5 rings (SSSR count). The van der Waals surface area contributed by atoms with Crippen LogP contribution in [0.5, 0.6) is 11.5 Å². The molecule has 2 aromatic carbocycles. The van der Waals surface area contributed by atoms with Crippen LogP contribution in [-0.4, -0.2) is 70.9 Å². The minimum absolute atomic E-state index is 0.0186. The molecule has 0 spiro atoms. The zero-order chi connectivity index (χ0) is 23.7. The average Bonchev–Trinajstić information content (AvgIpc) is 3.45. The van der Waals surface area contributed by atoms with Crippen molar-refractivity contribution in [2.75, 3.05) is 30.9 Å². The molecule has 178 valence electrons. The van der Waals surface area contributed by atoms with E-state index in [0.717, 1.165) is 5.69 Å². The van der Waals surface area contributed by atoms with E-state index in [4.69, 9.17) is 9.47 Å². The Balaban J connectivity index is 1.37. The standard InChI is InChI=1S/C23H24N4O5S2/c1-26(17-11-12-34(29,30)15-17)21(28)14-33-23-25-24-22(27(23)16-7-3-2-4-8-16)20-13-31-18-9-5-6-10-19(18)32-20/h2-10,17,20H,11-15H2,1H3/t17-,20-/m1/s1. The maximum absolute atomic E-state index is 12.8. The molecule has 3 heterocycles. The number of carbonyl (C=O) groups excluding carboxylic acids is 1. The van der Waals surface area contributed by atoms with Crippen LogP contribution in [0.2, 0.25) is 0 Å². The summed E-state index contributed by atoms with van der Waals surface area (Å²) in [4.78, 5) is 14.4. The summed E-state index contributed by atoms with van der Waals surface area (Å²) in [6.45, 7) is 0.282. The number of ether oxygens (including phenoxy) is 2. The van der Waals surface area contributed by atoms with Crippen LogP contribution in [0.25, 0.3) is 5.69 Å². The summed E-state index contributed by atoms with van der Waals surface area (Å²) in [5, 5.41) is 9.29. The summed E-state index contributed by atoms with van der Waals surface area (Å²) in [5.41, 5.74) is 0.843. The van der Waals surface area contributed by atoms with Crippen molar-refractivity contribution in [2.24, 2.45) is 0 Å². The molecule has 11 heteroatoms. The Bertz CT molecular complexity index is 1300. The quantitative estimate of drug-likeness (QED) is 0.476. The molecule has 0 aliphatic carbocycles. The lowest BCUT2D eigenvalue weighted by Crippen LogP contribution is -2.38. The first kappa shape index (κ1) is 22.7. The molecule has 34 heavy (non-hydrogen) atoms. The molecule has 3 aromatic rings. The van der Waals surface area contributed by atoms with Gasteiger partial charge in [-0.15, -0.1) is 10.2 Å². The van der Waals surface area contributed by atoms with Crippen molar-refractivity contribution in [3.05, 3.63) is 60.4 Å². The van der Waals surface area contributed by atoms with Crippen molar-refractivity contribution < 1.29 is 22.7 Å². The van der Waals surface area contributed by atoms with Gasteiger partial charge in [-0.05, 0) is 30.7 Å². The van der Waals surface area contributed by atoms with Gasteiger partial charge in [-0.2, -0.15) is 0 Å². The SMILES string of the molecule is CN(C(=O)CSc1nnc([C@H]2COc3ccccc3O2)n1-c1ccccc1)[C@@H]1CCS(=O)(=O)C1. The number of hydrogen-bond acceptors (Lipinski definition) is 8. The van der Waals surface area contributed by atoms with E-state index in [1.165, 1.54) is 16.7 Å². The number of fused-ring (bicyclic) bond motifs is 1. The lowest BCUT2D eigenvalue weighted by molar-refractivity contribution is -0.128. The number of sulfone groups is 1. The number of rotatable bonds is 6. The number of amides is 1. The van der Waals surface area contributed by atoms with Gasteiger partial charge in [0, 0.05) is 18.8 Å². The second kappa shape index (κ2) is 9.30. The van der Waals surface area contributed by atoms with Gasteiger partial charge in [-0.1, -0.05) is 42.1 Å². The molecule has 2 aliphatic rings. The first-order valence-corrected chi connectivity index (χ1v) is 13.7. The van der Waals surface area contributed by atoms with E-state index in [2.05, 4.69) is 10.2 Å². The zero-order valence-corrected chi connectivity index (χ0v) is 20.2. The third-order valence-electron chi connectivity index (χ3n) is 5.94. The van der Waals surface area contributed by atoms with Crippen molar-refractivity contribution in [3.63, 3.8) is 0 Å². The van der Waals surface area contributed by atoms with Crippen molar-refractivity contribution in [1.29, 1.82) is 0 Å². The Morgan fingerprint density at radius 3 is 2.59 bits per heavy atom. The van der Waals surface area contributed by atoms with Crippen molar-refractivity contribution in [2.45, 2.75) is 23.7 Å². The number of para-hydroxylation sites is 3. The lowest BCUT2D eigenvalue weighted by atomic mass is 10.2. The minimum atomic E-state index is -3.07. The van der Waals surface area contributed by atoms with Crippen LogP contribution < -0.4 is 9.47 Å². The molecule has 9 nitrogen and oxygen atoms in total. The lowest BCUT2D eigenvalue weighted by Gasteiger charge is -2.26. The third-order valence-corrected chi connectivity index (χ3v) is 8.61. The molecule has 0 N–H and O–H groups in total. The van der Waals surface area contributed by atoms with Gasteiger partial charge in [-0.25, -0.2) is 8.42 Å². The normalized spacial score (nSPS) is 20.7. The second-order valence-corrected chi connectivity index (χ2v) is 11.4. The molecule has 0 unspecified atom stereocenters. The fraction of sp³-hybridized carbons (Fsp3) is 0.348. The average molecular weight is 501 g/mol. The topological polar surface area (TPSA) is 104 Å². The van der Waals surface area contributed by atoms with E-state index in [1.807, 2.05) is 59.2 Å². The number of carbonyl (C=O) groups is 1. The van der Waals surface area contributed by atoms with E-state index in [-0.39, 0.29) is 35.8 Å². The van der Waals surface area contributed by atoms with Gasteiger partial charge in [-0.3, -0.25) is 9.36 Å². The first-order chi connectivity index (χ1) is 16.4. The number of benzene rings is 2. The summed E-state index contributed by atoms with van der Waals surface area (Å²) >= 11 is 1.26. The van der Waals surface area contributed by atoms with E-state index >= 15 is 0 Å². The number of hydrogen-bond donors (Lipinski definition) is 0. The Morgan fingerprint density at radius 1 is 1.12 bits per heavy atom. The molecule has 1 amide bonds. The van der Waals surface area contributed by atoms with E-state index in [9.17, 15) is 13.2 Å². The fourth-order valence-electron chi connectivity index (χ4n) is 4.06. The molecular weight excluding hydrogens is 476 g/mol. The van der Waals surface area contributed by atoms with Crippen molar-refractivity contribution in [1.82, 2.24) is 19.7 Å². The van der Waals surface area contributed by atoms with Gasteiger partial charge in [0.05, 0.1) is 17.3 Å². The number of thioether (sulfide) groups is 1. The van der Waals surface area contributed by atoms with Crippen LogP contribution in [0.15, 0.2) is 59.8 Å². The van der Waals surface area contributed by atoms with E-state index in [1.54, 1.807) is 7.05 Å². The summed E-state index contributed by atoms with van der Waals surface area (Å²) in [6.07, 6.45) is -0.000823. The molecular formula is C23H24N4O5S2. The van der Waals surface area contributed by atoms with Crippen molar-refractivity contribution in [3.8, 4) is 17.2 Å². The highest BCUT2D eigenvalue weighted by Gasteiger charge is 2.33. The van der Waals surface area contributed by atoms with Crippen LogP contribution in [0.4, 0.5) is 0 Å². The molecule has 2 aliphatic heterocycles. The van der Waals surface area contributed by atoms with Crippen LogP contribution in [-0.2, 0) is 14.6 Å². The summed E-state index contributed by atoms with van der Waals surface area (Å²) in [7, 11) is -1.41. The van der Waals surface area contributed by atoms with Crippen LogP contribution in [0, 0.1) is 0 Å². The zero-order valence-electron chi connectivity index (χ0n) is 18.5. The molecule has 1 saturated heterocycles. The molecule has 0 saturated carbocycles. The van der Waals surface area contributed by atoms with Gasteiger partial charge in [0.25, 0.3) is 0 Å². The van der Waals surface area contributed by atoms with Gasteiger partial charge in [0.1, 0.15) is 6.61 Å².